The Morgan fingerprint density at radius 2 is 1.87 bits per heavy atom. The van der Waals surface area contributed by atoms with E-state index in [2.05, 4.69) is 22.1 Å². The molecule has 0 aliphatic rings. The number of nitrogens with zero attached hydrogens (tertiary/aromatic N) is 3. The molecular weight excluding hydrogens is 398 g/mol. The molecule has 2 rings (SSSR count). The highest BCUT2D eigenvalue weighted by Crippen LogP contribution is 2.32. The molecule has 0 bridgehead atoms. The minimum atomic E-state index is -0.746. The van der Waals surface area contributed by atoms with Crippen molar-refractivity contribution in [3.63, 3.8) is 0 Å². The molecule has 0 fully saturated rings. The van der Waals surface area contributed by atoms with Crippen LogP contribution in [-0.4, -0.2) is 48.9 Å². The molecule has 31 heavy (non-hydrogen) atoms. The average Bonchev–Trinajstić information content (AvgIpc) is 2.73. The number of carbonyl (C=O) groups excluding carboxylic acids is 2. The highest BCUT2D eigenvalue weighted by molar-refractivity contribution is 5.98. The number of hydrogen-bond donors (Lipinski definition) is 4. The third-order valence-electron chi connectivity index (χ3n) is 4.67. The number of fused-ring (bicyclic) bond motifs is 1. The zero-order valence-electron chi connectivity index (χ0n) is 17.4. The van der Waals surface area contributed by atoms with Gasteiger partial charge >= 0.3 is 0 Å². The maximum atomic E-state index is 12.9. The van der Waals surface area contributed by atoms with Crippen molar-refractivity contribution >= 4 is 39.9 Å². The number of nitrogens with one attached hydrogen (secondary N) is 1. The van der Waals surface area contributed by atoms with Crippen LogP contribution < -0.4 is 22.5 Å². The fourth-order valence-corrected chi connectivity index (χ4v) is 3.27. The van der Waals surface area contributed by atoms with Gasteiger partial charge in [0.25, 0.3) is 0 Å². The molecule has 1 atom stereocenters. The quantitative estimate of drug-likeness (QED) is 0.182. The summed E-state index contributed by atoms with van der Waals surface area (Å²) in [4.78, 5) is 40.7. The molecule has 7 N–H and O–H groups in total. The third-order valence-corrected chi connectivity index (χ3v) is 4.67. The van der Waals surface area contributed by atoms with Gasteiger partial charge in [-0.05, 0) is 34.9 Å². The van der Waals surface area contributed by atoms with Crippen molar-refractivity contribution in [2.45, 2.75) is 18.9 Å². The zero-order chi connectivity index (χ0) is 23.0. The minimum absolute atomic E-state index is 0.0384. The Morgan fingerprint density at radius 1 is 1.16 bits per heavy atom. The Bertz CT molecular complexity index is 1020. The number of hydrogen-bond acceptors (Lipinski definition) is 6. The normalized spacial score (nSPS) is 11.4. The summed E-state index contributed by atoms with van der Waals surface area (Å²) in [5.74, 6) is -1.02. The van der Waals surface area contributed by atoms with Crippen LogP contribution in [-0.2, 0) is 9.59 Å². The summed E-state index contributed by atoms with van der Waals surface area (Å²) < 4.78 is 0. The topological polar surface area (TPSA) is 169 Å². The minimum Gasteiger partial charge on any atom is -0.374 e. The standard InChI is InChI=1S/C21H27N7O3/c1-13(19-15-7-4-3-6-14(15)9-10-16(19)27-31)26-17(8-5-11-25-21(23)24)20(30)28(2)12-18(22)29/h3-4,6-7,9-10,17,26H,1,5,8,11-12H2,2H3,(H2,22,29)(H4,23,24,25)/t17-/m0/s1. The lowest BCUT2D eigenvalue weighted by atomic mass is 9.99. The Kier molecular flexibility index (Phi) is 8.07. The lowest BCUT2D eigenvalue weighted by Crippen LogP contribution is -2.46. The summed E-state index contributed by atoms with van der Waals surface area (Å²) in [6, 6.07) is 10.1. The van der Waals surface area contributed by atoms with Crippen LogP contribution in [0, 0.1) is 4.91 Å². The van der Waals surface area contributed by atoms with Crippen LogP contribution in [0.3, 0.4) is 0 Å². The first-order valence-corrected chi connectivity index (χ1v) is 9.64. The lowest BCUT2D eigenvalue weighted by Gasteiger charge is -2.26. The Morgan fingerprint density at radius 3 is 2.52 bits per heavy atom. The van der Waals surface area contributed by atoms with Crippen molar-refractivity contribution in [2.75, 3.05) is 20.1 Å². The van der Waals surface area contributed by atoms with E-state index in [0.717, 1.165) is 10.8 Å². The van der Waals surface area contributed by atoms with Crippen molar-refractivity contribution in [1.29, 1.82) is 0 Å². The van der Waals surface area contributed by atoms with Gasteiger partial charge < -0.3 is 27.4 Å². The SMILES string of the molecule is C=C(N[C@@H](CCCN=C(N)N)C(=O)N(C)CC(N)=O)c1c(N=O)ccc2ccccc12. The summed E-state index contributed by atoms with van der Waals surface area (Å²) in [6.07, 6.45) is 0.847. The summed E-state index contributed by atoms with van der Waals surface area (Å²) >= 11 is 0. The van der Waals surface area contributed by atoms with Crippen LogP contribution in [0.5, 0.6) is 0 Å². The van der Waals surface area contributed by atoms with Crippen LogP contribution in [0.2, 0.25) is 0 Å². The van der Waals surface area contributed by atoms with E-state index < -0.39 is 11.9 Å². The Labute approximate surface area is 180 Å². The van der Waals surface area contributed by atoms with Crippen LogP contribution in [0.15, 0.2) is 53.1 Å². The van der Waals surface area contributed by atoms with Crippen molar-refractivity contribution in [2.24, 2.45) is 27.4 Å². The van der Waals surface area contributed by atoms with E-state index >= 15 is 0 Å². The van der Waals surface area contributed by atoms with Gasteiger partial charge in [0.05, 0.1) is 6.54 Å². The maximum absolute atomic E-state index is 12.9. The highest BCUT2D eigenvalue weighted by Gasteiger charge is 2.24. The first-order valence-electron chi connectivity index (χ1n) is 9.64. The predicted octanol–water partition coefficient (Wildman–Crippen LogP) is 1.16. The van der Waals surface area contributed by atoms with Crippen molar-refractivity contribution in [1.82, 2.24) is 10.2 Å². The number of amides is 2. The number of aliphatic imine (C=N–C) groups is 1. The summed E-state index contributed by atoms with van der Waals surface area (Å²) in [5, 5.41) is 7.87. The number of nitrogens with two attached hydrogens (primary N) is 3. The predicted molar refractivity (Wildman–Crippen MR) is 122 cm³/mol. The van der Waals surface area contributed by atoms with E-state index in [1.165, 1.54) is 11.9 Å². The molecule has 2 amide bonds. The van der Waals surface area contributed by atoms with E-state index in [0.29, 0.717) is 30.6 Å². The molecule has 0 radical (unpaired) electrons. The molecule has 0 spiro atoms. The number of nitroso groups, excluding NO2 is 1. The van der Waals surface area contributed by atoms with Gasteiger partial charge in [-0.3, -0.25) is 14.6 Å². The molecule has 0 aliphatic carbocycles. The molecule has 10 nitrogen and oxygen atoms in total. The highest BCUT2D eigenvalue weighted by atomic mass is 16.3. The molecule has 0 aromatic heterocycles. The fraction of sp³-hybridized carbons (Fsp3) is 0.286. The van der Waals surface area contributed by atoms with Gasteiger partial charge in [0.15, 0.2) is 5.96 Å². The summed E-state index contributed by atoms with van der Waals surface area (Å²) in [7, 11) is 1.48. The zero-order valence-corrected chi connectivity index (χ0v) is 17.4. The van der Waals surface area contributed by atoms with E-state index in [4.69, 9.17) is 17.2 Å². The van der Waals surface area contributed by atoms with Crippen LogP contribution >= 0.6 is 0 Å². The Balaban J connectivity index is 2.32. The Hall–Kier alpha value is -3.95. The molecule has 0 heterocycles. The second-order valence-electron chi connectivity index (χ2n) is 7.06. The van der Waals surface area contributed by atoms with Crippen molar-refractivity contribution in [3.05, 3.63) is 53.4 Å². The van der Waals surface area contributed by atoms with Crippen LogP contribution in [0.25, 0.3) is 16.5 Å². The van der Waals surface area contributed by atoms with E-state index in [1.807, 2.05) is 24.3 Å². The molecule has 0 saturated carbocycles. The first kappa shape index (κ1) is 23.3. The number of carbonyl (C=O) groups is 2. The molecule has 0 unspecified atom stereocenters. The maximum Gasteiger partial charge on any atom is 0.245 e. The smallest absolute Gasteiger partial charge is 0.245 e. The van der Waals surface area contributed by atoms with E-state index in [-0.39, 0.29) is 24.1 Å². The molecule has 2 aromatic rings. The van der Waals surface area contributed by atoms with Crippen LogP contribution in [0.1, 0.15) is 18.4 Å². The van der Waals surface area contributed by atoms with Gasteiger partial charge in [-0.2, -0.15) is 0 Å². The average molecular weight is 425 g/mol. The van der Waals surface area contributed by atoms with Crippen LogP contribution in [0.4, 0.5) is 5.69 Å². The van der Waals surface area contributed by atoms with Gasteiger partial charge in [0.1, 0.15) is 11.7 Å². The molecule has 2 aromatic carbocycles. The van der Waals surface area contributed by atoms with Crippen molar-refractivity contribution < 1.29 is 9.59 Å². The number of benzene rings is 2. The second kappa shape index (κ2) is 10.7. The van der Waals surface area contributed by atoms with Gasteiger partial charge in [-0.1, -0.05) is 36.9 Å². The van der Waals surface area contributed by atoms with Gasteiger partial charge in [0, 0.05) is 24.9 Å². The van der Waals surface area contributed by atoms with Gasteiger partial charge in [-0.15, -0.1) is 4.91 Å². The van der Waals surface area contributed by atoms with E-state index in [1.54, 1.807) is 12.1 Å². The molecule has 0 saturated heterocycles. The van der Waals surface area contributed by atoms with Gasteiger partial charge in [-0.25, -0.2) is 0 Å². The summed E-state index contributed by atoms with van der Waals surface area (Å²) in [5.41, 5.74) is 17.0. The molecule has 10 heteroatoms. The third kappa shape index (κ3) is 6.26. The largest absolute Gasteiger partial charge is 0.374 e. The monoisotopic (exact) mass is 425 g/mol. The van der Waals surface area contributed by atoms with E-state index in [9.17, 15) is 14.5 Å². The second-order valence-corrected chi connectivity index (χ2v) is 7.06. The number of likely N-dealkylation sites (N-methyl/N-ethyl adjacent to an activating group) is 1. The molecule has 164 valence electrons. The molecule has 0 aliphatic heterocycles. The fourth-order valence-electron chi connectivity index (χ4n) is 3.27. The lowest BCUT2D eigenvalue weighted by molar-refractivity contribution is -0.135. The first-order chi connectivity index (χ1) is 14.7. The number of guanidine groups is 1. The summed E-state index contributed by atoms with van der Waals surface area (Å²) in [6.45, 7) is 4.14. The number of rotatable bonds is 11. The van der Waals surface area contributed by atoms with Gasteiger partial charge in [0.2, 0.25) is 11.8 Å². The van der Waals surface area contributed by atoms with Crippen molar-refractivity contribution in [3.8, 4) is 0 Å². The molecular formula is C21H27N7O3. The number of primary amides is 1.